The van der Waals surface area contributed by atoms with Crippen molar-refractivity contribution < 1.29 is 19.0 Å². The first-order chi connectivity index (χ1) is 15.6. The highest BCUT2D eigenvalue weighted by molar-refractivity contribution is 7.22. The molecule has 2 aromatic carbocycles. The minimum Gasteiger partial charge on any atom is -0.497 e. The zero-order valence-electron chi connectivity index (χ0n) is 18.1. The Kier molecular flexibility index (Phi) is 6.51. The molecule has 0 aliphatic rings. The Bertz CT molecular complexity index is 1200. The summed E-state index contributed by atoms with van der Waals surface area (Å²) in [5, 5.41) is 0.572. The summed E-state index contributed by atoms with van der Waals surface area (Å²) in [7, 11) is 3.11. The summed E-state index contributed by atoms with van der Waals surface area (Å²) in [6.45, 7) is 2.78. The van der Waals surface area contributed by atoms with E-state index in [1.807, 2.05) is 37.3 Å². The molecule has 0 atom stereocenters. The molecule has 0 saturated heterocycles. The maximum atomic E-state index is 13.7. The van der Waals surface area contributed by atoms with E-state index in [-0.39, 0.29) is 5.91 Å². The van der Waals surface area contributed by atoms with Gasteiger partial charge in [-0.15, -0.1) is 0 Å². The molecule has 4 rings (SSSR count). The van der Waals surface area contributed by atoms with Gasteiger partial charge in [0.1, 0.15) is 22.8 Å². The van der Waals surface area contributed by atoms with Gasteiger partial charge in [0.2, 0.25) is 0 Å². The molecule has 164 valence electrons. The number of thiazole rings is 1. The molecule has 0 unspecified atom stereocenters. The van der Waals surface area contributed by atoms with Crippen molar-refractivity contribution in [2.24, 2.45) is 0 Å². The molecule has 0 radical (unpaired) electrons. The van der Waals surface area contributed by atoms with Gasteiger partial charge in [-0.3, -0.25) is 14.7 Å². The third-order valence-corrected chi connectivity index (χ3v) is 5.85. The van der Waals surface area contributed by atoms with Crippen LogP contribution in [0.4, 0.5) is 5.13 Å². The molecule has 0 spiro atoms. The Morgan fingerprint density at radius 3 is 2.50 bits per heavy atom. The predicted molar refractivity (Wildman–Crippen MR) is 125 cm³/mol. The maximum Gasteiger partial charge on any atom is 0.260 e. The smallest absolute Gasteiger partial charge is 0.260 e. The summed E-state index contributed by atoms with van der Waals surface area (Å²) >= 11 is 1.44. The van der Waals surface area contributed by atoms with E-state index in [0.29, 0.717) is 41.1 Å². The minimum atomic E-state index is -0.219. The lowest BCUT2D eigenvalue weighted by atomic mass is 10.1. The summed E-state index contributed by atoms with van der Waals surface area (Å²) < 4.78 is 17.4. The molecular weight excluding hydrogens is 426 g/mol. The minimum absolute atomic E-state index is 0.219. The number of ether oxygens (including phenoxy) is 3. The van der Waals surface area contributed by atoms with Gasteiger partial charge >= 0.3 is 0 Å². The third-order valence-electron chi connectivity index (χ3n) is 4.81. The van der Waals surface area contributed by atoms with E-state index >= 15 is 0 Å². The normalized spacial score (nSPS) is 10.7. The van der Waals surface area contributed by atoms with E-state index in [2.05, 4.69) is 4.98 Å². The number of rotatable bonds is 8. The highest BCUT2D eigenvalue weighted by Gasteiger charge is 2.24. The van der Waals surface area contributed by atoms with Gasteiger partial charge in [-0.05, 0) is 42.8 Å². The molecule has 2 aromatic heterocycles. The van der Waals surface area contributed by atoms with Crippen LogP contribution in [0.5, 0.6) is 17.2 Å². The number of carbonyl (C=O) groups excluding carboxylic acids is 1. The van der Waals surface area contributed by atoms with Crippen LogP contribution in [0.25, 0.3) is 10.2 Å². The molecule has 7 nitrogen and oxygen atoms in total. The summed E-state index contributed by atoms with van der Waals surface area (Å²) in [4.78, 5) is 24.3. The predicted octanol–water partition coefficient (Wildman–Crippen LogP) is 4.95. The topological polar surface area (TPSA) is 73.8 Å². The quantitative estimate of drug-likeness (QED) is 0.379. The zero-order valence-corrected chi connectivity index (χ0v) is 18.9. The Balaban J connectivity index is 1.80. The second-order valence-electron chi connectivity index (χ2n) is 6.89. The van der Waals surface area contributed by atoms with E-state index in [4.69, 9.17) is 19.2 Å². The average molecular weight is 450 g/mol. The number of hydrogen-bond acceptors (Lipinski definition) is 7. The number of para-hydroxylation sites is 1. The summed E-state index contributed by atoms with van der Waals surface area (Å²) in [6.07, 6.45) is 3.44. The Hall–Kier alpha value is -3.65. The van der Waals surface area contributed by atoms with E-state index in [1.165, 1.54) is 11.3 Å². The van der Waals surface area contributed by atoms with Crippen LogP contribution in [0.3, 0.4) is 0 Å². The van der Waals surface area contributed by atoms with Gasteiger partial charge in [0.05, 0.1) is 32.1 Å². The van der Waals surface area contributed by atoms with Gasteiger partial charge in [0.15, 0.2) is 5.13 Å². The molecule has 0 aliphatic heterocycles. The molecule has 0 bridgehead atoms. The van der Waals surface area contributed by atoms with Gasteiger partial charge in [0, 0.05) is 24.0 Å². The number of amides is 1. The molecule has 1 amide bonds. The molecule has 32 heavy (non-hydrogen) atoms. The van der Waals surface area contributed by atoms with E-state index in [0.717, 1.165) is 15.8 Å². The number of pyridine rings is 1. The van der Waals surface area contributed by atoms with Crippen molar-refractivity contribution >= 4 is 32.6 Å². The number of carbonyl (C=O) groups is 1. The van der Waals surface area contributed by atoms with Crippen LogP contribution in [0, 0.1) is 0 Å². The van der Waals surface area contributed by atoms with Gasteiger partial charge in [-0.2, -0.15) is 0 Å². The SMILES string of the molecule is CCOc1cccc2sc(N(Cc3cccnc3)C(=O)c3cc(OC)cc(OC)c3)nc12. The summed E-state index contributed by atoms with van der Waals surface area (Å²) in [5.41, 5.74) is 2.07. The van der Waals surface area contributed by atoms with Crippen molar-refractivity contribution in [3.8, 4) is 17.2 Å². The molecule has 4 aromatic rings. The molecule has 8 heteroatoms. The first-order valence-electron chi connectivity index (χ1n) is 10.1. The number of hydrogen-bond donors (Lipinski definition) is 0. The van der Waals surface area contributed by atoms with Crippen molar-refractivity contribution in [1.29, 1.82) is 0 Å². The molecule has 0 N–H and O–H groups in total. The number of benzene rings is 2. The van der Waals surface area contributed by atoms with Crippen LogP contribution in [0.15, 0.2) is 60.9 Å². The number of anilines is 1. The number of nitrogens with zero attached hydrogens (tertiary/aromatic N) is 3. The summed E-state index contributed by atoms with van der Waals surface area (Å²) in [5.74, 6) is 1.56. The lowest BCUT2D eigenvalue weighted by molar-refractivity contribution is 0.0984. The van der Waals surface area contributed by atoms with Crippen molar-refractivity contribution in [2.75, 3.05) is 25.7 Å². The largest absolute Gasteiger partial charge is 0.497 e. The summed E-state index contributed by atoms with van der Waals surface area (Å²) in [6, 6.07) is 14.7. The molecule has 2 heterocycles. The number of methoxy groups -OCH3 is 2. The van der Waals surface area contributed by atoms with Crippen molar-refractivity contribution in [1.82, 2.24) is 9.97 Å². The van der Waals surface area contributed by atoms with E-state index in [9.17, 15) is 4.79 Å². The van der Waals surface area contributed by atoms with E-state index in [1.54, 1.807) is 49.7 Å². The van der Waals surface area contributed by atoms with Gasteiger partial charge in [-0.25, -0.2) is 4.98 Å². The third kappa shape index (κ3) is 4.50. The van der Waals surface area contributed by atoms with Crippen molar-refractivity contribution in [2.45, 2.75) is 13.5 Å². The molecule has 0 saturated carbocycles. The Labute approximate surface area is 190 Å². The van der Waals surface area contributed by atoms with Crippen LogP contribution in [-0.4, -0.2) is 36.7 Å². The van der Waals surface area contributed by atoms with Crippen LogP contribution in [0.2, 0.25) is 0 Å². The monoisotopic (exact) mass is 449 g/mol. The lowest BCUT2D eigenvalue weighted by Crippen LogP contribution is -2.30. The van der Waals surface area contributed by atoms with Gasteiger partial charge < -0.3 is 14.2 Å². The molecular formula is C24H23N3O4S. The zero-order chi connectivity index (χ0) is 22.5. The fraction of sp³-hybridized carbons (Fsp3) is 0.208. The molecule has 0 fully saturated rings. The van der Waals surface area contributed by atoms with E-state index < -0.39 is 0 Å². The highest BCUT2D eigenvalue weighted by atomic mass is 32.1. The van der Waals surface area contributed by atoms with Gasteiger partial charge in [0.25, 0.3) is 5.91 Å². The lowest BCUT2D eigenvalue weighted by Gasteiger charge is -2.20. The number of fused-ring (bicyclic) bond motifs is 1. The van der Waals surface area contributed by atoms with Crippen LogP contribution in [-0.2, 0) is 6.54 Å². The first kappa shape index (κ1) is 21.6. The standard InChI is InChI=1S/C24H23N3O4S/c1-4-31-20-8-5-9-21-22(20)26-24(32-21)27(15-16-7-6-10-25-14-16)23(28)17-11-18(29-2)13-19(12-17)30-3/h5-14H,4,15H2,1-3H3. The fourth-order valence-corrected chi connectivity index (χ4v) is 4.27. The molecule has 0 aliphatic carbocycles. The van der Waals surface area contributed by atoms with Crippen LogP contribution < -0.4 is 19.1 Å². The maximum absolute atomic E-state index is 13.7. The Morgan fingerprint density at radius 2 is 1.84 bits per heavy atom. The van der Waals surface area contributed by atoms with Crippen molar-refractivity contribution in [3.05, 3.63) is 72.1 Å². The Morgan fingerprint density at radius 1 is 1.06 bits per heavy atom. The second kappa shape index (κ2) is 9.65. The van der Waals surface area contributed by atoms with Crippen LogP contribution >= 0.6 is 11.3 Å². The van der Waals surface area contributed by atoms with Gasteiger partial charge in [-0.1, -0.05) is 23.5 Å². The number of aromatic nitrogens is 2. The van der Waals surface area contributed by atoms with Crippen LogP contribution in [0.1, 0.15) is 22.8 Å². The highest BCUT2D eigenvalue weighted by Crippen LogP contribution is 2.36. The second-order valence-corrected chi connectivity index (χ2v) is 7.90. The average Bonchev–Trinajstić information content (AvgIpc) is 3.27. The fourth-order valence-electron chi connectivity index (χ4n) is 3.29. The van der Waals surface area contributed by atoms with Crippen molar-refractivity contribution in [3.63, 3.8) is 0 Å². The first-order valence-corrected chi connectivity index (χ1v) is 10.9.